The van der Waals surface area contributed by atoms with Crippen molar-refractivity contribution in [1.29, 1.82) is 0 Å². The Bertz CT molecular complexity index is 363. The molecule has 0 spiro atoms. The van der Waals surface area contributed by atoms with E-state index in [0.717, 1.165) is 0 Å². The molecular formula is C13H18O3. The van der Waals surface area contributed by atoms with Crippen molar-refractivity contribution in [3.63, 3.8) is 0 Å². The predicted octanol–water partition coefficient (Wildman–Crippen LogP) is 1.87. The van der Waals surface area contributed by atoms with Gasteiger partial charge in [0.25, 0.3) is 0 Å². The number of hydrogen-bond donors (Lipinski definition) is 2. The predicted molar refractivity (Wildman–Crippen MR) is 62.3 cm³/mol. The van der Waals surface area contributed by atoms with Crippen LogP contribution < -0.4 is 0 Å². The third-order valence-electron chi connectivity index (χ3n) is 2.61. The molecule has 3 nitrogen and oxygen atoms in total. The molecule has 88 valence electrons. The molecule has 0 aliphatic carbocycles. The number of aliphatic hydroxyl groups is 2. The van der Waals surface area contributed by atoms with Gasteiger partial charge in [0.05, 0.1) is 11.7 Å². The molecule has 1 aromatic rings. The second-order valence-corrected chi connectivity index (χ2v) is 4.46. The zero-order valence-electron chi connectivity index (χ0n) is 9.90. The average Bonchev–Trinajstić information content (AvgIpc) is 2.16. The molecule has 2 atom stereocenters. The summed E-state index contributed by atoms with van der Waals surface area (Å²) in [5, 5.41) is 19.4. The lowest BCUT2D eigenvalue weighted by atomic mass is 9.89. The van der Waals surface area contributed by atoms with Crippen molar-refractivity contribution >= 4 is 5.78 Å². The monoisotopic (exact) mass is 222 g/mol. The van der Waals surface area contributed by atoms with Crippen molar-refractivity contribution in [3.8, 4) is 0 Å². The van der Waals surface area contributed by atoms with Crippen LogP contribution in [0.5, 0.6) is 0 Å². The summed E-state index contributed by atoms with van der Waals surface area (Å²) in [4.78, 5) is 11.1. The van der Waals surface area contributed by atoms with Crippen molar-refractivity contribution in [3.05, 3.63) is 35.4 Å². The summed E-state index contributed by atoms with van der Waals surface area (Å²) >= 11 is 0. The van der Waals surface area contributed by atoms with Crippen molar-refractivity contribution in [1.82, 2.24) is 0 Å². The molecule has 0 bridgehead atoms. The number of benzene rings is 1. The summed E-state index contributed by atoms with van der Waals surface area (Å²) in [6, 6.07) is 6.82. The molecule has 2 N–H and O–H groups in total. The minimum Gasteiger partial charge on any atom is -0.393 e. The molecule has 1 aromatic carbocycles. The van der Waals surface area contributed by atoms with Crippen LogP contribution in [0.2, 0.25) is 0 Å². The second kappa shape index (κ2) is 4.76. The summed E-state index contributed by atoms with van der Waals surface area (Å²) in [6.45, 7) is 4.80. The number of carbonyl (C=O) groups excluding carboxylic acids is 1. The van der Waals surface area contributed by atoms with E-state index in [-0.39, 0.29) is 12.2 Å². The molecule has 0 saturated carbocycles. The largest absolute Gasteiger partial charge is 0.393 e. The van der Waals surface area contributed by atoms with Gasteiger partial charge in [0, 0.05) is 12.0 Å². The number of carbonyl (C=O) groups is 1. The molecule has 0 aliphatic heterocycles. The molecule has 0 heterocycles. The third kappa shape index (κ3) is 3.15. The van der Waals surface area contributed by atoms with Crippen LogP contribution in [-0.4, -0.2) is 22.1 Å². The summed E-state index contributed by atoms with van der Waals surface area (Å²) < 4.78 is 0. The van der Waals surface area contributed by atoms with Crippen LogP contribution in [0.25, 0.3) is 0 Å². The minimum absolute atomic E-state index is 0.00159. The SMILES string of the molecule is CC(=O)c1ccc(C(C)(O)CC(C)O)cc1. The first kappa shape index (κ1) is 12.9. The number of rotatable bonds is 4. The van der Waals surface area contributed by atoms with E-state index in [4.69, 9.17) is 0 Å². The van der Waals surface area contributed by atoms with Crippen LogP contribution in [0, 0.1) is 0 Å². The van der Waals surface area contributed by atoms with Gasteiger partial charge in [0.1, 0.15) is 0 Å². The van der Waals surface area contributed by atoms with Crippen molar-refractivity contribution in [2.24, 2.45) is 0 Å². The molecule has 0 amide bonds. The van der Waals surface area contributed by atoms with Gasteiger partial charge in [0.15, 0.2) is 5.78 Å². The van der Waals surface area contributed by atoms with E-state index in [0.29, 0.717) is 11.1 Å². The van der Waals surface area contributed by atoms with E-state index in [1.165, 1.54) is 6.92 Å². The lowest BCUT2D eigenvalue weighted by molar-refractivity contribution is 0.00561. The van der Waals surface area contributed by atoms with Crippen LogP contribution in [0.3, 0.4) is 0 Å². The molecule has 16 heavy (non-hydrogen) atoms. The first-order valence-corrected chi connectivity index (χ1v) is 5.35. The Kier molecular flexibility index (Phi) is 3.83. The molecule has 1 rings (SSSR count). The highest BCUT2D eigenvalue weighted by atomic mass is 16.3. The van der Waals surface area contributed by atoms with Gasteiger partial charge in [-0.15, -0.1) is 0 Å². The summed E-state index contributed by atoms with van der Waals surface area (Å²) in [7, 11) is 0. The fourth-order valence-electron chi connectivity index (χ4n) is 1.76. The Balaban J connectivity index is 2.92. The van der Waals surface area contributed by atoms with Crippen molar-refractivity contribution in [2.45, 2.75) is 38.9 Å². The number of Topliss-reactive ketones (excluding diaryl/α,β-unsaturated/α-hetero) is 1. The zero-order chi connectivity index (χ0) is 12.3. The van der Waals surface area contributed by atoms with Crippen molar-refractivity contribution in [2.75, 3.05) is 0 Å². The minimum atomic E-state index is -1.07. The highest BCUT2D eigenvalue weighted by Gasteiger charge is 2.24. The highest BCUT2D eigenvalue weighted by Crippen LogP contribution is 2.26. The van der Waals surface area contributed by atoms with Gasteiger partial charge in [-0.25, -0.2) is 0 Å². The first-order chi connectivity index (χ1) is 7.33. The quantitative estimate of drug-likeness (QED) is 0.765. The molecule has 0 aliphatic rings. The maximum atomic E-state index is 11.1. The van der Waals surface area contributed by atoms with Gasteiger partial charge in [-0.1, -0.05) is 24.3 Å². The normalized spacial score (nSPS) is 16.6. The van der Waals surface area contributed by atoms with E-state index >= 15 is 0 Å². The number of ketones is 1. The standard InChI is InChI=1S/C13H18O3/c1-9(14)8-13(3,16)12-6-4-11(5-7-12)10(2)15/h4-7,9,14,16H,8H2,1-3H3. The Hall–Kier alpha value is -1.19. The zero-order valence-corrected chi connectivity index (χ0v) is 9.90. The molecule has 0 fully saturated rings. The van der Waals surface area contributed by atoms with Gasteiger partial charge >= 0.3 is 0 Å². The lowest BCUT2D eigenvalue weighted by Crippen LogP contribution is -2.26. The Morgan fingerprint density at radius 2 is 1.88 bits per heavy atom. The van der Waals surface area contributed by atoms with Crippen LogP contribution in [0.15, 0.2) is 24.3 Å². The van der Waals surface area contributed by atoms with Gasteiger partial charge in [-0.2, -0.15) is 0 Å². The Morgan fingerprint density at radius 3 is 2.25 bits per heavy atom. The second-order valence-electron chi connectivity index (χ2n) is 4.46. The van der Waals surface area contributed by atoms with Crippen LogP contribution in [0.4, 0.5) is 0 Å². The van der Waals surface area contributed by atoms with E-state index < -0.39 is 11.7 Å². The van der Waals surface area contributed by atoms with Gasteiger partial charge in [-0.05, 0) is 26.3 Å². The van der Waals surface area contributed by atoms with Crippen LogP contribution in [-0.2, 0) is 5.60 Å². The molecule has 3 heteroatoms. The fourth-order valence-corrected chi connectivity index (χ4v) is 1.76. The number of hydrogen-bond acceptors (Lipinski definition) is 3. The number of aliphatic hydroxyl groups excluding tert-OH is 1. The Labute approximate surface area is 95.7 Å². The van der Waals surface area contributed by atoms with E-state index in [1.807, 2.05) is 0 Å². The maximum Gasteiger partial charge on any atom is 0.159 e. The summed E-state index contributed by atoms with van der Waals surface area (Å²) in [5.41, 5.74) is 0.263. The van der Waals surface area contributed by atoms with Crippen LogP contribution >= 0.6 is 0 Å². The summed E-state index contributed by atoms with van der Waals surface area (Å²) in [5.74, 6) is 0.00159. The average molecular weight is 222 g/mol. The summed E-state index contributed by atoms with van der Waals surface area (Å²) in [6.07, 6.45) is -0.297. The molecular weight excluding hydrogens is 204 g/mol. The van der Waals surface area contributed by atoms with E-state index in [9.17, 15) is 15.0 Å². The van der Waals surface area contributed by atoms with E-state index in [1.54, 1.807) is 38.1 Å². The molecule has 0 aromatic heterocycles. The van der Waals surface area contributed by atoms with Gasteiger partial charge in [-0.3, -0.25) is 4.79 Å². The topological polar surface area (TPSA) is 57.5 Å². The first-order valence-electron chi connectivity index (χ1n) is 5.35. The third-order valence-corrected chi connectivity index (χ3v) is 2.61. The maximum absolute atomic E-state index is 11.1. The Morgan fingerprint density at radius 1 is 1.38 bits per heavy atom. The molecule has 0 radical (unpaired) electrons. The molecule has 0 saturated heterocycles. The lowest BCUT2D eigenvalue weighted by Gasteiger charge is -2.25. The molecule has 2 unspecified atom stereocenters. The van der Waals surface area contributed by atoms with Crippen LogP contribution in [0.1, 0.15) is 43.1 Å². The van der Waals surface area contributed by atoms with Gasteiger partial charge in [0.2, 0.25) is 0 Å². The van der Waals surface area contributed by atoms with Crippen molar-refractivity contribution < 1.29 is 15.0 Å². The van der Waals surface area contributed by atoms with E-state index in [2.05, 4.69) is 0 Å². The smallest absolute Gasteiger partial charge is 0.159 e. The van der Waals surface area contributed by atoms with Gasteiger partial charge < -0.3 is 10.2 Å². The highest BCUT2D eigenvalue weighted by molar-refractivity contribution is 5.94. The fraction of sp³-hybridized carbons (Fsp3) is 0.462.